The van der Waals surface area contributed by atoms with Gasteiger partial charge in [0, 0.05) is 23.0 Å². The number of hydrogen-bond donors (Lipinski definition) is 3. The number of urea groups is 1. The number of alkyl halides is 4. The van der Waals surface area contributed by atoms with Crippen LogP contribution in [0.3, 0.4) is 0 Å². The molecule has 0 aliphatic heterocycles. The molecule has 4 aromatic rings. The molecule has 2 amide bonds. The van der Waals surface area contributed by atoms with Gasteiger partial charge < -0.3 is 20.8 Å². The van der Waals surface area contributed by atoms with Crippen molar-refractivity contribution in [2.45, 2.75) is 18.4 Å². The molecule has 0 fully saturated rings. The van der Waals surface area contributed by atoms with Gasteiger partial charge >= 0.3 is 12.2 Å². The van der Waals surface area contributed by atoms with E-state index in [0.29, 0.717) is 45.8 Å². The maximum atomic E-state index is 14.1. The summed E-state index contributed by atoms with van der Waals surface area (Å²) in [4.78, 5) is 20.3. The van der Waals surface area contributed by atoms with Crippen LogP contribution in [-0.4, -0.2) is 44.0 Å². The smallest absolute Gasteiger partial charge is 0.416 e. The average Bonchev–Trinajstić information content (AvgIpc) is 3.49. The lowest BCUT2D eigenvalue weighted by molar-refractivity contribution is -0.0889. The first-order chi connectivity index (χ1) is 17.2. The lowest BCUT2D eigenvalue weighted by Crippen LogP contribution is -2.43. The second-order valence-corrected chi connectivity index (χ2v) is 7.85. The number of carbonyl (C=O) groups is 1. The van der Waals surface area contributed by atoms with Gasteiger partial charge in [-0.25, -0.2) is 23.7 Å². The van der Waals surface area contributed by atoms with Crippen LogP contribution in [0.4, 0.5) is 33.9 Å². The lowest BCUT2D eigenvalue weighted by Gasteiger charge is -2.23. The normalized spacial score (nSPS) is 17.7. The predicted octanol–water partition coefficient (Wildman–Crippen LogP) is 4.52. The molecule has 184 valence electrons. The summed E-state index contributed by atoms with van der Waals surface area (Å²) >= 11 is 0. The van der Waals surface area contributed by atoms with Crippen molar-refractivity contribution in [2.75, 3.05) is 11.1 Å². The first-order valence-electron chi connectivity index (χ1n) is 10.5. The number of amides is 2. The molecule has 0 bridgehead atoms. The lowest BCUT2D eigenvalue weighted by atomic mass is 10.0. The van der Waals surface area contributed by atoms with Gasteiger partial charge in [0.2, 0.25) is 0 Å². The van der Waals surface area contributed by atoms with Crippen molar-refractivity contribution in [3.63, 3.8) is 0 Å². The van der Waals surface area contributed by atoms with Gasteiger partial charge in [-0.3, -0.25) is 0 Å². The highest BCUT2D eigenvalue weighted by atomic mass is 19.4. The number of oxazole rings is 1. The first kappa shape index (κ1) is 23.1. The summed E-state index contributed by atoms with van der Waals surface area (Å²) in [5.74, 6) is 0.714. The third-order valence-corrected chi connectivity index (χ3v) is 5.52. The molecule has 4 N–H and O–H groups in total. The summed E-state index contributed by atoms with van der Waals surface area (Å²) < 4.78 is 59.8. The summed E-state index contributed by atoms with van der Waals surface area (Å²) in [6.45, 7) is 0. The Morgan fingerprint density at radius 2 is 1.97 bits per heavy atom. The van der Waals surface area contributed by atoms with Crippen LogP contribution in [0.5, 0.6) is 0 Å². The van der Waals surface area contributed by atoms with E-state index in [4.69, 9.17) is 10.2 Å². The third-order valence-electron chi connectivity index (χ3n) is 5.52. The Morgan fingerprint density at radius 1 is 1.19 bits per heavy atom. The van der Waals surface area contributed by atoms with Crippen molar-refractivity contribution in [2.24, 2.45) is 0 Å². The van der Waals surface area contributed by atoms with Gasteiger partial charge in [-0.15, -0.1) is 0 Å². The van der Waals surface area contributed by atoms with E-state index in [2.05, 4.69) is 25.7 Å². The number of hydrogen-bond acceptors (Lipinski definition) is 6. The van der Waals surface area contributed by atoms with Crippen LogP contribution >= 0.6 is 0 Å². The largest absolute Gasteiger partial charge is 0.443 e. The fourth-order valence-corrected chi connectivity index (χ4v) is 3.87. The molecule has 36 heavy (non-hydrogen) atoms. The van der Waals surface area contributed by atoms with E-state index in [1.54, 1.807) is 41.2 Å². The maximum absolute atomic E-state index is 14.1. The van der Waals surface area contributed by atoms with Crippen molar-refractivity contribution in [1.82, 2.24) is 24.9 Å². The van der Waals surface area contributed by atoms with Crippen molar-refractivity contribution in [3.05, 3.63) is 73.2 Å². The molecule has 3 aromatic heterocycles. The monoisotopic (exact) mass is 499 g/mol. The van der Waals surface area contributed by atoms with Crippen LogP contribution in [0.25, 0.3) is 28.0 Å². The molecular weight excluding hydrogens is 482 g/mol. The first-order valence-corrected chi connectivity index (χ1v) is 10.5. The van der Waals surface area contributed by atoms with Crippen LogP contribution in [0.15, 0.2) is 77.6 Å². The van der Waals surface area contributed by atoms with Crippen molar-refractivity contribution in [1.29, 1.82) is 0 Å². The number of halogens is 4. The second-order valence-electron chi connectivity index (χ2n) is 7.85. The van der Waals surface area contributed by atoms with Gasteiger partial charge in [-0.2, -0.15) is 18.3 Å². The summed E-state index contributed by atoms with van der Waals surface area (Å²) in [6.07, 6.45) is 1.47. The van der Waals surface area contributed by atoms with Gasteiger partial charge in [-0.1, -0.05) is 18.2 Å². The fourth-order valence-electron chi connectivity index (χ4n) is 3.87. The number of benzene rings is 1. The van der Waals surface area contributed by atoms with E-state index in [0.717, 1.165) is 6.08 Å². The summed E-state index contributed by atoms with van der Waals surface area (Å²) in [5, 5.41) is 8.89. The molecule has 1 aliphatic carbocycles. The van der Waals surface area contributed by atoms with E-state index >= 15 is 0 Å². The molecule has 1 aromatic carbocycles. The van der Waals surface area contributed by atoms with E-state index in [1.807, 2.05) is 0 Å². The minimum atomic E-state index is -4.65. The quantitative estimate of drug-likeness (QED) is 0.355. The molecule has 9 nitrogen and oxygen atoms in total. The molecule has 13 heteroatoms. The van der Waals surface area contributed by atoms with Crippen LogP contribution in [-0.2, 0) is 0 Å². The third kappa shape index (κ3) is 4.37. The molecule has 0 radical (unpaired) electrons. The second kappa shape index (κ2) is 8.83. The Morgan fingerprint density at radius 3 is 2.67 bits per heavy atom. The van der Waals surface area contributed by atoms with Gasteiger partial charge in [0.25, 0.3) is 0 Å². The number of carbonyl (C=O) groups excluding carboxylic acids is 1. The summed E-state index contributed by atoms with van der Waals surface area (Å²) in [5.41, 5.74) is 7.94. The van der Waals surface area contributed by atoms with E-state index < -0.39 is 30.0 Å². The molecule has 2 atom stereocenters. The molecule has 0 saturated carbocycles. The minimum absolute atomic E-state index is 0.237. The zero-order valence-electron chi connectivity index (χ0n) is 18.2. The van der Waals surface area contributed by atoms with Crippen LogP contribution in [0.1, 0.15) is 0 Å². The maximum Gasteiger partial charge on any atom is 0.416 e. The van der Waals surface area contributed by atoms with Gasteiger partial charge in [0.1, 0.15) is 18.0 Å². The van der Waals surface area contributed by atoms with Crippen LogP contribution in [0.2, 0.25) is 0 Å². The predicted molar refractivity (Wildman–Crippen MR) is 122 cm³/mol. The number of nitrogens with zero attached hydrogens (tertiary/aromatic N) is 4. The Bertz CT molecular complexity index is 1470. The van der Waals surface area contributed by atoms with Crippen LogP contribution in [0, 0.1) is 0 Å². The number of rotatable bonds is 4. The topological polar surface area (TPSA) is 123 Å². The highest BCUT2D eigenvalue weighted by molar-refractivity contribution is 5.98. The number of anilines is 2. The van der Waals surface area contributed by atoms with Gasteiger partial charge in [0.05, 0.1) is 17.8 Å². The van der Waals surface area contributed by atoms with Crippen LogP contribution < -0.4 is 16.4 Å². The molecule has 2 unspecified atom stereocenters. The zero-order valence-corrected chi connectivity index (χ0v) is 18.2. The van der Waals surface area contributed by atoms with Gasteiger partial charge in [0.15, 0.2) is 18.0 Å². The number of aromatic nitrogens is 4. The highest BCUT2D eigenvalue weighted by Crippen LogP contribution is 2.38. The highest BCUT2D eigenvalue weighted by Gasteiger charge is 2.36. The number of nitrogens with one attached hydrogen (secondary N) is 2. The Hall–Kier alpha value is -4.68. The molecule has 3 heterocycles. The molecule has 1 aliphatic rings. The summed E-state index contributed by atoms with van der Waals surface area (Å²) in [7, 11) is 0. The number of fused-ring (bicyclic) bond motifs is 1. The standard InChI is InChI=1S/C23H17F4N7O2/c24-16-6-3-13(23(25,26)27)7-17(16)33-22(35)32-14-4-1-12(2-5-14)19-15(18-8-29-11-36-18)9-34-20(19)21(28)30-10-31-34/h1-11,16-17H,(H2,28,30,31)(H2,32,33,35). The zero-order chi connectivity index (χ0) is 25.4. The molecule has 0 spiro atoms. The number of nitrogens with two attached hydrogens (primary N) is 1. The molecule has 0 saturated heterocycles. The van der Waals surface area contributed by atoms with E-state index in [-0.39, 0.29) is 5.82 Å². The fraction of sp³-hybridized carbons (Fsp3) is 0.130. The van der Waals surface area contributed by atoms with Crippen molar-refractivity contribution in [3.8, 4) is 22.5 Å². The van der Waals surface area contributed by atoms with Crippen molar-refractivity contribution >= 4 is 23.1 Å². The van der Waals surface area contributed by atoms with E-state index in [9.17, 15) is 22.4 Å². The Labute approximate surface area is 200 Å². The molecular formula is C23H17F4N7O2. The van der Waals surface area contributed by atoms with Gasteiger partial charge in [-0.05, 0) is 29.8 Å². The number of nitrogen functional groups attached to an aromatic ring is 1. The Kier molecular flexibility index (Phi) is 5.66. The molecule has 5 rings (SSSR count). The Balaban J connectivity index is 1.38. The average molecular weight is 499 g/mol. The summed E-state index contributed by atoms with van der Waals surface area (Å²) in [6, 6.07) is 4.21. The van der Waals surface area contributed by atoms with Crippen molar-refractivity contribution < 1.29 is 26.8 Å². The van der Waals surface area contributed by atoms with E-state index in [1.165, 1.54) is 12.7 Å². The number of allylic oxidation sites excluding steroid dienone is 2. The minimum Gasteiger partial charge on any atom is -0.443 e. The SMILES string of the molecule is Nc1ncnn2cc(-c3cnco3)c(-c3ccc(NC(=O)NC4C=C(C(F)(F)F)C=CC4F)cc3)c12.